The van der Waals surface area contributed by atoms with Gasteiger partial charge in [-0.2, -0.15) is 0 Å². The van der Waals surface area contributed by atoms with Crippen molar-refractivity contribution in [2.75, 3.05) is 13.2 Å². The molecular formula is C13H20N2O3. The van der Waals surface area contributed by atoms with E-state index in [1.54, 1.807) is 12.1 Å². The lowest BCUT2D eigenvalue weighted by molar-refractivity contribution is -0.384. The fourth-order valence-corrected chi connectivity index (χ4v) is 1.71. The largest absolute Gasteiger partial charge is 0.377 e. The summed E-state index contributed by atoms with van der Waals surface area (Å²) in [5.74, 6) is 0. The van der Waals surface area contributed by atoms with Crippen LogP contribution in [0, 0.1) is 10.1 Å². The van der Waals surface area contributed by atoms with E-state index in [0.717, 1.165) is 12.1 Å². The molecule has 1 aromatic rings. The van der Waals surface area contributed by atoms with Crippen molar-refractivity contribution in [2.45, 2.75) is 32.9 Å². The van der Waals surface area contributed by atoms with E-state index in [9.17, 15) is 10.1 Å². The number of nitrogens with zero attached hydrogens (tertiary/aromatic N) is 1. The molecule has 0 saturated carbocycles. The molecule has 2 atom stereocenters. The third-order valence-electron chi connectivity index (χ3n) is 2.74. The highest BCUT2D eigenvalue weighted by molar-refractivity contribution is 5.35. The Bertz CT molecular complexity index is 396. The second kappa shape index (κ2) is 7.08. The predicted octanol–water partition coefficient (Wildman–Crippen LogP) is 2.67. The molecule has 0 amide bonds. The van der Waals surface area contributed by atoms with Gasteiger partial charge in [0.1, 0.15) is 0 Å². The number of hydrogen-bond acceptors (Lipinski definition) is 4. The second-order valence-electron chi connectivity index (χ2n) is 4.25. The van der Waals surface area contributed by atoms with Gasteiger partial charge in [0.15, 0.2) is 0 Å². The van der Waals surface area contributed by atoms with Crippen LogP contribution in [0.2, 0.25) is 0 Å². The Hall–Kier alpha value is -1.46. The highest BCUT2D eigenvalue weighted by Crippen LogP contribution is 2.18. The van der Waals surface area contributed by atoms with E-state index in [-0.39, 0.29) is 22.8 Å². The highest BCUT2D eigenvalue weighted by Gasteiger charge is 2.11. The molecule has 0 aliphatic rings. The van der Waals surface area contributed by atoms with Gasteiger partial charge in [0.05, 0.1) is 11.0 Å². The van der Waals surface area contributed by atoms with Crippen molar-refractivity contribution in [3.8, 4) is 0 Å². The van der Waals surface area contributed by atoms with Crippen LogP contribution in [0.5, 0.6) is 0 Å². The summed E-state index contributed by atoms with van der Waals surface area (Å²) < 4.78 is 5.42. The van der Waals surface area contributed by atoms with Crippen LogP contribution in [0.3, 0.4) is 0 Å². The van der Waals surface area contributed by atoms with Crippen molar-refractivity contribution in [3.05, 3.63) is 39.9 Å². The van der Waals surface area contributed by atoms with Gasteiger partial charge in [-0.25, -0.2) is 0 Å². The smallest absolute Gasteiger partial charge is 0.269 e. The van der Waals surface area contributed by atoms with Crippen LogP contribution >= 0.6 is 0 Å². The summed E-state index contributed by atoms with van der Waals surface area (Å²) in [6.07, 6.45) is 0.135. The van der Waals surface area contributed by atoms with Gasteiger partial charge in [-0.05, 0) is 26.3 Å². The molecule has 0 spiro atoms. The molecule has 0 aromatic heterocycles. The number of nitrogens with one attached hydrogen (secondary N) is 1. The summed E-state index contributed by atoms with van der Waals surface area (Å²) in [5.41, 5.74) is 1.03. The lowest BCUT2D eigenvalue weighted by Gasteiger charge is -2.18. The monoisotopic (exact) mass is 252 g/mol. The average molecular weight is 252 g/mol. The van der Waals surface area contributed by atoms with Gasteiger partial charge in [-0.1, -0.05) is 12.1 Å². The normalized spacial score (nSPS) is 14.2. The first-order chi connectivity index (χ1) is 8.54. The number of rotatable bonds is 7. The van der Waals surface area contributed by atoms with Crippen molar-refractivity contribution >= 4 is 5.69 Å². The Labute approximate surface area is 107 Å². The van der Waals surface area contributed by atoms with Gasteiger partial charge in [0.2, 0.25) is 0 Å². The molecule has 1 aromatic carbocycles. The molecule has 1 rings (SSSR count). The van der Waals surface area contributed by atoms with E-state index >= 15 is 0 Å². The number of benzene rings is 1. The summed E-state index contributed by atoms with van der Waals surface area (Å²) in [6.45, 7) is 7.35. The van der Waals surface area contributed by atoms with E-state index in [4.69, 9.17) is 4.74 Å². The Morgan fingerprint density at radius 3 is 2.78 bits per heavy atom. The summed E-state index contributed by atoms with van der Waals surface area (Å²) in [4.78, 5) is 10.3. The van der Waals surface area contributed by atoms with Gasteiger partial charge in [0, 0.05) is 31.3 Å². The summed E-state index contributed by atoms with van der Waals surface area (Å²) in [5, 5.41) is 14.0. The molecule has 2 unspecified atom stereocenters. The standard InChI is InChI=1S/C13H20N2O3/c1-4-18-10(2)9-14-11(3)12-6-5-7-13(8-12)15(16)17/h5-8,10-11,14H,4,9H2,1-3H3. The summed E-state index contributed by atoms with van der Waals surface area (Å²) in [6, 6.07) is 6.75. The van der Waals surface area contributed by atoms with Crippen molar-refractivity contribution in [2.24, 2.45) is 0 Å². The van der Waals surface area contributed by atoms with E-state index < -0.39 is 0 Å². The van der Waals surface area contributed by atoms with Crippen molar-refractivity contribution in [1.82, 2.24) is 5.32 Å². The number of nitro groups is 1. The van der Waals surface area contributed by atoms with Gasteiger partial charge in [-0.3, -0.25) is 10.1 Å². The first kappa shape index (κ1) is 14.6. The van der Waals surface area contributed by atoms with Crippen LogP contribution in [0.1, 0.15) is 32.4 Å². The van der Waals surface area contributed by atoms with E-state index in [1.165, 1.54) is 6.07 Å². The fourth-order valence-electron chi connectivity index (χ4n) is 1.71. The highest BCUT2D eigenvalue weighted by atomic mass is 16.6. The van der Waals surface area contributed by atoms with Crippen LogP contribution in [0.25, 0.3) is 0 Å². The van der Waals surface area contributed by atoms with E-state index in [1.807, 2.05) is 26.8 Å². The van der Waals surface area contributed by atoms with Gasteiger partial charge in [-0.15, -0.1) is 0 Å². The zero-order valence-electron chi connectivity index (χ0n) is 11.1. The SMILES string of the molecule is CCOC(C)CNC(C)c1cccc([N+](=O)[O-])c1. The Kier molecular flexibility index (Phi) is 5.74. The fraction of sp³-hybridized carbons (Fsp3) is 0.538. The molecule has 0 aliphatic heterocycles. The van der Waals surface area contributed by atoms with Crippen LogP contribution in [-0.4, -0.2) is 24.2 Å². The van der Waals surface area contributed by atoms with Crippen LogP contribution in [-0.2, 0) is 4.74 Å². The molecule has 0 bridgehead atoms. The zero-order chi connectivity index (χ0) is 13.5. The summed E-state index contributed by atoms with van der Waals surface area (Å²) >= 11 is 0. The maximum atomic E-state index is 10.7. The number of nitro benzene ring substituents is 1. The molecule has 5 heteroatoms. The predicted molar refractivity (Wildman–Crippen MR) is 70.6 cm³/mol. The molecule has 5 nitrogen and oxygen atoms in total. The Morgan fingerprint density at radius 2 is 2.17 bits per heavy atom. The van der Waals surface area contributed by atoms with Gasteiger partial charge < -0.3 is 10.1 Å². The molecular weight excluding hydrogens is 232 g/mol. The minimum Gasteiger partial charge on any atom is -0.377 e. The van der Waals surface area contributed by atoms with Crippen molar-refractivity contribution in [3.63, 3.8) is 0 Å². The molecule has 1 N–H and O–H groups in total. The van der Waals surface area contributed by atoms with Crippen LogP contribution in [0.15, 0.2) is 24.3 Å². The Balaban J connectivity index is 2.58. The van der Waals surface area contributed by atoms with Crippen molar-refractivity contribution in [1.29, 1.82) is 0 Å². The van der Waals surface area contributed by atoms with Crippen LogP contribution < -0.4 is 5.32 Å². The number of ether oxygens (including phenoxy) is 1. The zero-order valence-corrected chi connectivity index (χ0v) is 11.1. The van der Waals surface area contributed by atoms with Gasteiger partial charge in [0.25, 0.3) is 5.69 Å². The maximum Gasteiger partial charge on any atom is 0.269 e. The quantitative estimate of drug-likeness (QED) is 0.598. The summed E-state index contributed by atoms with van der Waals surface area (Å²) in [7, 11) is 0. The average Bonchev–Trinajstić information content (AvgIpc) is 2.36. The lowest BCUT2D eigenvalue weighted by atomic mass is 10.1. The van der Waals surface area contributed by atoms with E-state index in [2.05, 4.69) is 5.32 Å². The maximum absolute atomic E-state index is 10.7. The van der Waals surface area contributed by atoms with Gasteiger partial charge >= 0.3 is 0 Å². The molecule has 0 heterocycles. The lowest BCUT2D eigenvalue weighted by Crippen LogP contribution is -2.29. The first-order valence-corrected chi connectivity index (χ1v) is 6.14. The van der Waals surface area contributed by atoms with Crippen molar-refractivity contribution < 1.29 is 9.66 Å². The number of non-ortho nitro benzene ring substituents is 1. The first-order valence-electron chi connectivity index (χ1n) is 6.14. The minimum absolute atomic E-state index is 0.0628. The molecule has 0 saturated heterocycles. The van der Waals surface area contributed by atoms with E-state index in [0.29, 0.717) is 6.61 Å². The third kappa shape index (κ3) is 4.43. The topological polar surface area (TPSA) is 64.4 Å². The number of hydrogen-bond donors (Lipinski definition) is 1. The molecule has 18 heavy (non-hydrogen) atoms. The molecule has 100 valence electrons. The molecule has 0 aliphatic carbocycles. The van der Waals surface area contributed by atoms with Crippen LogP contribution in [0.4, 0.5) is 5.69 Å². The molecule has 0 fully saturated rings. The molecule has 0 radical (unpaired) electrons. The third-order valence-corrected chi connectivity index (χ3v) is 2.74. The minimum atomic E-state index is -0.376. The Morgan fingerprint density at radius 1 is 1.44 bits per heavy atom. The second-order valence-corrected chi connectivity index (χ2v) is 4.25.